The molecule has 0 saturated carbocycles. The molecule has 8 heteroatoms. The van der Waals surface area contributed by atoms with Crippen molar-refractivity contribution in [2.45, 2.75) is 69.8 Å². The fourth-order valence-corrected chi connectivity index (χ4v) is 4.15. The maximum atomic E-state index is 12.2. The summed E-state index contributed by atoms with van der Waals surface area (Å²) in [6.07, 6.45) is -7.03. The zero-order chi connectivity index (χ0) is 25.8. The van der Waals surface area contributed by atoms with Crippen molar-refractivity contribution in [3.8, 4) is 0 Å². The maximum Gasteiger partial charge on any atom is 0.207 e. The van der Waals surface area contributed by atoms with Gasteiger partial charge >= 0.3 is 0 Å². The van der Waals surface area contributed by atoms with Crippen LogP contribution in [-0.2, 0) is 37.0 Å². The molecular weight excluding hydrogens is 440 g/mol. The molecule has 34 heavy (non-hydrogen) atoms. The SMILES string of the molecule is [2H]C(=O)C(C)C1(O)O[C@H](C(O)C(C)=O)[C@H](OCc2ccccc2)[C@H](OCc2ccccc2)[C@@]1(C)O. The average Bonchev–Trinajstić information content (AvgIpc) is 2.84. The molecule has 0 aliphatic carbocycles. The van der Waals surface area contributed by atoms with Gasteiger partial charge in [-0.2, -0.15) is 0 Å². The van der Waals surface area contributed by atoms with Gasteiger partial charge in [0.25, 0.3) is 0 Å². The fourth-order valence-electron chi connectivity index (χ4n) is 4.15. The minimum atomic E-state index is -2.65. The van der Waals surface area contributed by atoms with Gasteiger partial charge in [0.1, 0.15) is 37.6 Å². The van der Waals surface area contributed by atoms with Gasteiger partial charge in [0.05, 0.1) is 19.1 Å². The number of Topliss-reactive ketones (excluding diaryl/α,β-unsaturated/α-hetero) is 1. The lowest BCUT2D eigenvalue weighted by atomic mass is 9.74. The number of hydrogen-bond donors (Lipinski definition) is 3. The summed E-state index contributed by atoms with van der Waals surface area (Å²) in [5, 5.41) is 33.7. The van der Waals surface area contributed by atoms with E-state index in [0.29, 0.717) is 0 Å². The zero-order valence-corrected chi connectivity index (χ0v) is 19.5. The second kappa shape index (κ2) is 10.9. The molecule has 0 spiro atoms. The minimum absolute atomic E-state index is 0.00494. The molecule has 2 aromatic rings. The van der Waals surface area contributed by atoms with Crippen LogP contribution in [0, 0.1) is 5.92 Å². The third kappa shape index (κ3) is 5.27. The summed E-state index contributed by atoms with van der Waals surface area (Å²) in [5.41, 5.74) is -0.735. The van der Waals surface area contributed by atoms with E-state index in [1.165, 1.54) is 13.8 Å². The molecule has 8 nitrogen and oxygen atoms in total. The summed E-state index contributed by atoms with van der Waals surface area (Å²) >= 11 is 0. The van der Waals surface area contributed by atoms with E-state index >= 15 is 0 Å². The van der Waals surface area contributed by atoms with E-state index in [2.05, 4.69) is 0 Å². The van der Waals surface area contributed by atoms with Crippen molar-refractivity contribution >= 4 is 12.0 Å². The van der Waals surface area contributed by atoms with Crippen LogP contribution in [-0.4, -0.2) is 63.2 Å². The Morgan fingerprint density at radius 3 is 2.06 bits per heavy atom. The molecule has 1 fully saturated rings. The highest BCUT2D eigenvalue weighted by atomic mass is 16.7. The van der Waals surface area contributed by atoms with Crippen molar-refractivity contribution in [2.75, 3.05) is 0 Å². The molecule has 1 heterocycles. The molecule has 0 bridgehead atoms. The number of ether oxygens (including phenoxy) is 3. The number of carbonyl (C=O) groups is 2. The van der Waals surface area contributed by atoms with Gasteiger partial charge in [-0.1, -0.05) is 67.6 Å². The number of ketones is 1. The van der Waals surface area contributed by atoms with Crippen LogP contribution >= 0.6 is 0 Å². The lowest BCUT2D eigenvalue weighted by molar-refractivity contribution is -0.407. The molecule has 1 aliphatic heterocycles. The van der Waals surface area contributed by atoms with Gasteiger partial charge in [-0.05, 0) is 25.0 Å². The van der Waals surface area contributed by atoms with Crippen LogP contribution in [0.15, 0.2) is 60.7 Å². The lowest BCUT2D eigenvalue weighted by Gasteiger charge is -2.56. The second-order valence-electron chi connectivity index (χ2n) is 8.80. The van der Waals surface area contributed by atoms with Crippen molar-refractivity contribution in [1.82, 2.24) is 0 Å². The van der Waals surface area contributed by atoms with E-state index in [0.717, 1.165) is 18.1 Å². The van der Waals surface area contributed by atoms with Gasteiger partial charge in [-0.3, -0.25) is 4.79 Å². The summed E-state index contributed by atoms with van der Waals surface area (Å²) in [6.45, 7) is 3.61. The molecular formula is C26H32O8. The predicted molar refractivity (Wildman–Crippen MR) is 122 cm³/mol. The monoisotopic (exact) mass is 473 g/mol. The number of aliphatic hydroxyl groups is 3. The van der Waals surface area contributed by atoms with E-state index in [9.17, 15) is 24.9 Å². The van der Waals surface area contributed by atoms with Gasteiger partial charge in [-0.25, -0.2) is 0 Å². The Kier molecular flexibility index (Phi) is 7.88. The van der Waals surface area contributed by atoms with Crippen LogP contribution < -0.4 is 0 Å². The molecule has 3 unspecified atom stereocenters. The summed E-state index contributed by atoms with van der Waals surface area (Å²) in [6, 6.07) is 18.2. The molecule has 0 amide bonds. The largest absolute Gasteiger partial charge is 0.382 e. The summed E-state index contributed by atoms with van der Waals surface area (Å²) in [5.74, 6) is -4.85. The Morgan fingerprint density at radius 1 is 1.09 bits per heavy atom. The van der Waals surface area contributed by atoms with Gasteiger partial charge < -0.3 is 34.3 Å². The molecule has 1 aliphatic rings. The summed E-state index contributed by atoms with van der Waals surface area (Å²) in [7, 11) is 0. The van der Waals surface area contributed by atoms with Crippen molar-refractivity contribution in [3.05, 3.63) is 71.8 Å². The van der Waals surface area contributed by atoms with Crippen LogP contribution in [0.3, 0.4) is 0 Å². The number of aliphatic hydroxyl groups excluding tert-OH is 1. The first-order valence-electron chi connectivity index (χ1n) is 11.6. The minimum Gasteiger partial charge on any atom is -0.382 e. The Morgan fingerprint density at radius 2 is 1.59 bits per heavy atom. The van der Waals surface area contributed by atoms with Gasteiger partial charge in [0, 0.05) is 0 Å². The van der Waals surface area contributed by atoms with Crippen molar-refractivity contribution in [2.24, 2.45) is 5.92 Å². The van der Waals surface area contributed by atoms with Crippen molar-refractivity contribution < 1.29 is 40.5 Å². The van der Waals surface area contributed by atoms with E-state index in [-0.39, 0.29) is 13.2 Å². The molecule has 3 N–H and O–H groups in total. The number of hydrogen-bond acceptors (Lipinski definition) is 8. The van der Waals surface area contributed by atoms with Crippen LogP contribution in [0.25, 0.3) is 0 Å². The van der Waals surface area contributed by atoms with E-state index in [1.807, 2.05) is 48.5 Å². The van der Waals surface area contributed by atoms with Gasteiger partial charge in [0.2, 0.25) is 5.79 Å². The molecule has 0 radical (unpaired) electrons. The van der Waals surface area contributed by atoms with Crippen LogP contribution in [0.1, 0.15) is 33.3 Å². The van der Waals surface area contributed by atoms with Crippen LogP contribution in [0.4, 0.5) is 0 Å². The van der Waals surface area contributed by atoms with Crippen molar-refractivity contribution in [1.29, 1.82) is 0 Å². The molecule has 1 saturated heterocycles. The molecule has 3 rings (SSSR count). The first kappa shape index (κ1) is 24.7. The van der Waals surface area contributed by atoms with Crippen molar-refractivity contribution in [3.63, 3.8) is 0 Å². The quantitative estimate of drug-likeness (QED) is 0.447. The summed E-state index contributed by atoms with van der Waals surface area (Å²) in [4.78, 5) is 24.1. The lowest BCUT2D eigenvalue weighted by Crippen LogP contribution is -2.76. The Balaban J connectivity index is 2.04. The van der Waals surface area contributed by atoms with Gasteiger partial charge in [0.15, 0.2) is 5.78 Å². The third-order valence-electron chi connectivity index (χ3n) is 6.27. The maximum absolute atomic E-state index is 12.2. The second-order valence-corrected chi connectivity index (χ2v) is 8.80. The predicted octanol–water partition coefficient (Wildman–Crippen LogP) is 1.78. The van der Waals surface area contributed by atoms with E-state index in [1.54, 1.807) is 12.1 Å². The Bertz CT molecular complexity index is 999. The number of rotatable bonds is 10. The van der Waals surface area contributed by atoms with Gasteiger partial charge in [-0.15, -0.1) is 0 Å². The normalized spacial score (nSPS) is 31.4. The Labute approximate surface area is 200 Å². The number of benzene rings is 2. The first-order chi connectivity index (χ1) is 16.5. The topological polar surface area (TPSA) is 123 Å². The van der Waals surface area contributed by atoms with E-state index in [4.69, 9.17) is 15.6 Å². The standard InChI is InChI=1S/C26H32O8/c1-17(14-27)26(31)25(3,30)24(33-16-20-12-8-5-9-13-20)23(22(34-26)21(29)18(2)28)32-15-19-10-6-4-7-11-19/h4-14,17,21-24,29-31H,15-16H2,1-3H3/t17?,21?,22-,23+,24+,25-,26?/m1/s1/i14D. The smallest absolute Gasteiger partial charge is 0.207 e. The number of carbonyl (C=O) groups excluding carboxylic acids is 2. The molecule has 184 valence electrons. The zero-order valence-electron chi connectivity index (χ0n) is 20.5. The highest BCUT2D eigenvalue weighted by Gasteiger charge is 2.65. The highest BCUT2D eigenvalue weighted by molar-refractivity contribution is 5.81. The number of aldehydes is 1. The highest BCUT2D eigenvalue weighted by Crippen LogP contribution is 2.44. The molecule has 0 aromatic heterocycles. The third-order valence-corrected chi connectivity index (χ3v) is 6.27. The molecule has 2 aromatic carbocycles. The summed E-state index contributed by atoms with van der Waals surface area (Å²) < 4.78 is 25.4. The average molecular weight is 474 g/mol. The molecule has 7 atom stereocenters. The Hall–Kier alpha value is -2.46. The van der Waals surface area contributed by atoms with E-state index < -0.39 is 53.8 Å². The first-order valence-corrected chi connectivity index (χ1v) is 11.1. The van der Waals surface area contributed by atoms with Crippen LogP contribution in [0.2, 0.25) is 0 Å². The van der Waals surface area contributed by atoms with Crippen LogP contribution in [0.5, 0.6) is 0 Å². The fraction of sp³-hybridized carbons (Fsp3) is 0.462.